The molecule has 0 spiro atoms. The van der Waals surface area contributed by atoms with Crippen molar-refractivity contribution < 1.29 is 14.7 Å². The Morgan fingerprint density at radius 2 is 1.71 bits per heavy atom. The van der Waals surface area contributed by atoms with Gasteiger partial charge in [-0.1, -0.05) is 20.8 Å². The zero-order chi connectivity index (χ0) is 17.5. The van der Waals surface area contributed by atoms with E-state index in [1.807, 2.05) is 25.7 Å². The molecule has 0 aromatic rings. The summed E-state index contributed by atoms with van der Waals surface area (Å²) in [7, 11) is 0. The minimum atomic E-state index is -0.355. The molecule has 2 N–H and O–H groups in total. The Morgan fingerprint density at radius 1 is 1.08 bits per heavy atom. The van der Waals surface area contributed by atoms with Gasteiger partial charge in [0, 0.05) is 43.0 Å². The lowest BCUT2D eigenvalue weighted by molar-refractivity contribution is -0.142. The maximum atomic E-state index is 12.7. The summed E-state index contributed by atoms with van der Waals surface area (Å²) in [4.78, 5) is 26.9. The van der Waals surface area contributed by atoms with E-state index >= 15 is 0 Å². The SMILES string of the molecule is CC(C)(C)C(=O)N1CCC(C(=O)NC2C3CCC(C3)C2CO)CC1. The third kappa shape index (κ3) is 3.32. The number of amides is 2. The Balaban J connectivity index is 1.52. The number of piperidine rings is 1. The first-order valence-corrected chi connectivity index (χ1v) is 9.52. The van der Waals surface area contributed by atoms with Gasteiger partial charge in [-0.25, -0.2) is 0 Å². The molecule has 0 radical (unpaired) electrons. The van der Waals surface area contributed by atoms with E-state index in [9.17, 15) is 14.7 Å². The third-order valence-corrected chi connectivity index (χ3v) is 6.40. The van der Waals surface area contributed by atoms with E-state index in [1.54, 1.807) is 0 Å². The predicted molar refractivity (Wildman–Crippen MR) is 92.1 cm³/mol. The number of carbonyl (C=O) groups excluding carboxylic acids is 2. The number of aliphatic hydroxyl groups excluding tert-OH is 1. The predicted octanol–water partition coefficient (Wildman–Crippen LogP) is 1.79. The van der Waals surface area contributed by atoms with Crippen molar-refractivity contribution in [2.45, 2.75) is 58.9 Å². The van der Waals surface area contributed by atoms with Crippen molar-refractivity contribution in [3.05, 3.63) is 0 Å². The van der Waals surface area contributed by atoms with E-state index in [1.165, 1.54) is 12.8 Å². The van der Waals surface area contributed by atoms with E-state index in [-0.39, 0.29) is 41.7 Å². The summed E-state index contributed by atoms with van der Waals surface area (Å²) in [5.74, 6) is 1.71. The van der Waals surface area contributed by atoms with Crippen LogP contribution in [-0.2, 0) is 9.59 Å². The summed E-state index contributed by atoms with van der Waals surface area (Å²) in [5.41, 5.74) is -0.355. The van der Waals surface area contributed by atoms with Crippen LogP contribution in [0.4, 0.5) is 0 Å². The fraction of sp³-hybridized carbons (Fsp3) is 0.895. The van der Waals surface area contributed by atoms with Gasteiger partial charge in [0.1, 0.15) is 0 Å². The lowest BCUT2D eigenvalue weighted by Gasteiger charge is -2.36. The van der Waals surface area contributed by atoms with Crippen LogP contribution < -0.4 is 5.32 Å². The number of aliphatic hydroxyl groups is 1. The van der Waals surface area contributed by atoms with Crippen molar-refractivity contribution in [1.82, 2.24) is 10.2 Å². The Hall–Kier alpha value is -1.10. The van der Waals surface area contributed by atoms with E-state index in [4.69, 9.17) is 0 Å². The molecule has 1 heterocycles. The number of hydrogen-bond donors (Lipinski definition) is 2. The highest BCUT2D eigenvalue weighted by Crippen LogP contribution is 2.48. The summed E-state index contributed by atoms with van der Waals surface area (Å²) in [6.45, 7) is 7.36. The van der Waals surface area contributed by atoms with E-state index in [0.29, 0.717) is 24.9 Å². The second-order valence-electron chi connectivity index (χ2n) is 9.03. The van der Waals surface area contributed by atoms with Gasteiger partial charge >= 0.3 is 0 Å². The smallest absolute Gasteiger partial charge is 0.227 e. The Kier molecular flexibility index (Phi) is 4.92. The van der Waals surface area contributed by atoms with Crippen molar-refractivity contribution in [2.24, 2.45) is 29.1 Å². The summed E-state index contributed by atoms with van der Waals surface area (Å²) < 4.78 is 0. The van der Waals surface area contributed by atoms with Crippen molar-refractivity contribution in [3.8, 4) is 0 Å². The maximum absolute atomic E-state index is 12.7. The molecule has 5 heteroatoms. The molecule has 24 heavy (non-hydrogen) atoms. The summed E-state index contributed by atoms with van der Waals surface area (Å²) in [6.07, 6.45) is 5.05. The number of likely N-dealkylation sites (tertiary alicyclic amines) is 1. The number of nitrogens with one attached hydrogen (secondary N) is 1. The molecule has 136 valence electrons. The summed E-state index contributed by atoms with van der Waals surface area (Å²) in [5, 5.41) is 12.9. The van der Waals surface area contributed by atoms with E-state index in [0.717, 1.165) is 19.3 Å². The molecule has 2 amide bonds. The van der Waals surface area contributed by atoms with Gasteiger partial charge in [-0.15, -0.1) is 0 Å². The zero-order valence-corrected chi connectivity index (χ0v) is 15.3. The number of nitrogens with zero attached hydrogens (tertiary/aromatic N) is 1. The van der Waals surface area contributed by atoms with E-state index in [2.05, 4.69) is 5.32 Å². The fourth-order valence-electron chi connectivity index (χ4n) is 5.00. The second-order valence-corrected chi connectivity index (χ2v) is 9.03. The number of fused-ring (bicyclic) bond motifs is 2. The zero-order valence-electron chi connectivity index (χ0n) is 15.3. The molecule has 1 saturated heterocycles. The van der Waals surface area contributed by atoms with E-state index < -0.39 is 0 Å². The highest BCUT2D eigenvalue weighted by atomic mass is 16.3. The van der Waals surface area contributed by atoms with Crippen molar-refractivity contribution in [3.63, 3.8) is 0 Å². The van der Waals surface area contributed by atoms with Crippen molar-refractivity contribution >= 4 is 11.8 Å². The van der Waals surface area contributed by atoms with Gasteiger partial charge < -0.3 is 15.3 Å². The van der Waals surface area contributed by atoms with Gasteiger partial charge in [0.05, 0.1) is 0 Å². The maximum Gasteiger partial charge on any atom is 0.227 e. The van der Waals surface area contributed by atoms with Gasteiger partial charge in [-0.3, -0.25) is 9.59 Å². The molecule has 3 aliphatic rings. The highest BCUT2D eigenvalue weighted by molar-refractivity contribution is 5.82. The van der Waals surface area contributed by atoms with Crippen LogP contribution in [-0.4, -0.2) is 47.6 Å². The molecule has 4 unspecified atom stereocenters. The van der Waals surface area contributed by atoms with Gasteiger partial charge in [-0.05, 0) is 43.9 Å². The molecule has 0 aromatic carbocycles. The van der Waals surface area contributed by atoms with Crippen LogP contribution in [0.5, 0.6) is 0 Å². The van der Waals surface area contributed by atoms with Crippen LogP contribution in [0.25, 0.3) is 0 Å². The van der Waals surface area contributed by atoms with Crippen LogP contribution in [0, 0.1) is 29.1 Å². The van der Waals surface area contributed by atoms with Crippen LogP contribution in [0.1, 0.15) is 52.9 Å². The normalized spacial score (nSPS) is 33.8. The van der Waals surface area contributed by atoms with Crippen LogP contribution >= 0.6 is 0 Å². The average Bonchev–Trinajstić information content (AvgIpc) is 3.14. The van der Waals surface area contributed by atoms with Gasteiger partial charge in [0.2, 0.25) is 11.8 Å². The Morgan fingerprint density at radius 3 is 2.29 bits per heavy atom. The topological polar surface area (TPSA) is 69.6 Å². The van der Waals surface area contributed by atoms with Crippen molar-refractivity contribution in [2.75, 3.05) is 19.7 Å². The Labute approximate surface area is 145 Å². The van der Waals surface area contributed by atoms with Crippen LogP contribution in [0.15, 0.2) is 0 Å². The lowest BCUT2D eigenvalue weighted by atomic mass is 9.84. The molecule has 5 nitrogen and oxygen atoms in total. The summed E-state index contributed by atoms with van der Waals surface area (Å²) >= 11 is 0. The highest BCUT2D eigenvalue weighted by Gasteiger charge is 2.48. The average molecular weight is 336 g/mol. The second kappa shape index (κ2) is 6.66. The minimum Gasteiger partial charge on any atom is -0.396 e. The number of hydrogen-bond acceptors (Lipinski definition) is 3. The quantitative estimate of drug-likeness (QED) is 0.825. The molecule has 1 aliphatic heterocycles. The molecule has 3 rings (SSSR count). The molecular weight excluding hydrogens is 304 g/mol. The molecular formula is C19H32N2O3. The van der Waals surface area contributed by atoms with Crippen LogP contribution in [0.3, 0.4) is 0 Å². The molecule has 2 saturated carbocycles. The minimum absolute atomic E-state index is 0.00693. The molecule has 3 fully saturated rings. The Bertz CT molecular complexity index is 491. The first-order valence-electron chi connectivity index (χ1n) is 9.52. The fourth-order valence-corrected chi connectivity index (χ4v) is 5.00. The van der Waals surface area contributed by atoms with Gasteiger partial charge in [0.15, 0.2) is 0 Å². The first-order chi connectivity index (χ1) is 11.3. The molecule has 0 aromatic heterocycles. The van der Waals surface area contributed by atoms with Crippen LogP contribution in [0.2, 0.25) is 0 Å². The lowest BCUT2D eigenvalue weighted by Crippen LogP contribution is -2.50. The van der Waals surface area contributed by atoms with Gasteiger partial charge in [0.25, 0.3) is 0 Å². The standard InChI is InChI=1S/C19H32N2O3/c1-19(2,3)18(24)21-8-6-12(7-9-21)17(23)20-16-14-5-4-13(10-14)15(16)11-22/h12-16,22H,4-11H2,1-3H3,(H,20,23). The molecule has 2 aliphatic carbocycles. The first kappa shape index (κ1) is 17.7. The summed E-state index contributed by atoms with van der Waals surface area (Å²) in [6, 6.07) is 0.162. The van der Waals surface area contributed by atoms with Gasteiger partial charge in [-0.2, -0.15) is 0 Å². The number of carbonyl (C=O) groups is 2. The number of rotatable bonds is 3. The molecule has 2 bridgehead atoms. The molecule has 4 atom stereocenters. The third-order valence-electron chi connectivity index (χ3n) is 6.40. The monoisotopic (exact) mass is 336 g/mol. The largest absolute Gasteiger partial charge is 0.396 e. The van der Waals surface area contributed by atoms with Crippen molar-refractivity contribution in [1.29, 1.82) is 0 Å².